The average Bonchev–Trinajstić information content (AvgIpc) is 2.84. The van der Waals surface area contributed by atoms with Gasteiger partial charge in [0.2, 0.25) is 0 Å². The normalized spacial score (nSPS) is 15.9. The van der Waals surface area contributed by atoms with Crippen molar-refractivity contribution in [1.82, 2.24) is 5.32 Å². The first kappa shape index (κ1) is 15.5. The first-order valence-corrected chi connectivity index (χ1v) is 7.64. The highest BCUT2D eigenvalue weighted by atomic mass is 35.5. The van der Waals surface area contributed by atoms with Crippen molar-refractivity contribution in [1.29, 1.82) is 0 Å². The first-order valence-electron chi connectivity index (χ1n) is 6.85. The highest BCUT2D eigenvalue weighted by Gasteiger charge is 2.31. The molecule has 116 valence electrons. The molecule has 4 nitrogen and oxygen atoms in total. The van der Waals surface area contributed by atoms with E-state index in [1.807, 2.05) is 12.1 Å². The van der Waals surface area contributed by atoms with Gasteiger partial charge in [0.25, 0.3) is 5.91 Å². The lowest BCUT2D eigenvalue weighted by molar-refractivity contribution is -0.113. The summed E-state index contributed by atoms with van der Waals surface area (Å²) in [7, 11) is 1.59. The third-order valence-electron chi connectivity index (χ3n) is 3.39. The lowest BCUT2D eigenvalue weighted by Crippen LogP contribution is -2.30. The van der Waals surface area contributed by atoms with Crippen LogP contribution in [0.1, 0.15) is 5.56 Å². The van der Waals surface area contributed by atoms with Gasteiger partial charge in [0, 0.05) is 5.02 Å². The van der Waals surface area contributed by atoms with Gasteiger partial charge in [-0.25, -0.2) is 0 Å². The minimum Gasteiger partial charge on any atom is -0.497 e. The maximum absolute atomic E-state index is 12.6. The van der Waals surface area contributed by atoms with Gasteiger partial charge in [-0.3, -0.25) is 9.69 Å². The van der Waals surface area contributed by atoms with E-state index in [1.165, 1.54) is 4.90 Å². The summed E-state index contributed by atoms with van der Waals surface area (Å²) in [5.74, 6) is 0.520. The third-order valence-corrected chi connectivity index (χ3v) is 3.93. The number of carbonyl (C=O) groups is 1. The van der Waals surface area contributed by atoms with Crippen LogP contribution in [0.4, 0.5) is 5.69 Å². The fourth-order valence-corrected chi connectivity index (χ4v) is 2.65. The smallest absolute Gasteiger partial charge is 0.281 e. The lowest BCUT2D eigenvalue weighted by Gasteiger charge is -2.14. The second kappa shape index (κ2) is 6.40. The summed E-state index contributed by atoms with van der Waals surface area (Å²) in [6.45, 7) is 0. The Labute approximate surface area is 144 Å². The summed E-state index contributed by atoms with van der Waals surface area (Å²) < 4.78 is 5.12. The van der Waals surface area contributed by atoms with Gasteiger partial charge in [0.05, 0.1) is 12.8 Å². The highest BCUT2D eigenvalue weighted by molar-refractivity contribution is 7.80. The van der Waals surface area contributed by atoms with Crippen LogP contribution in [0.25, 0.3) is 6.08 Å². The van der Waals surface area contributed by atoms with E-state index in [1.54, 1.807) is 49.6 Å². The number of anilines is 1. The predicted molar refractivity (Wildman–Crippen MR) is 95.6 cm³/mol. The van der Waals surface area contributed by atoms with Crippen molar-refractivity contribution in [2.45, 2.75) is 0 Å². The number of hydrogen-bond acceptors (Lipinski definition) is 3. The second-order valence-electron chi connectivity index (χ2n) is 4.88. The van der Waals surface area contributed by atoms with E-state index in [0.717, 1.165) is 11.3 Å². The molecule has 0 radical (unpaired) electrons. The van der Waals surface area contributed by atoms with Crippen molar-refractivity contribution in [3.63, 3.8) is 0 Å². The van der Waals surface area contributed by atoms with E-state index in [4.69, 9.17) is 28.6 Å². The summed E-state index contributed by atoms with van der Waals surface area (Å²) in [5, 5.41) is 3.94. The Bertz CT molecular complexity index is 785. The van der Waals surface area contributed by atoms with Gasteiger partial charge in [-0.2, -0.15) is 0 Å². The maximum Gasteiger partial charge on any atom is 0.281 e. The molecule has 1 saturated heterocycles. The molecule has 2 aromatic rings. The monoisotopic (exact) mass is 344 g/mol. The SMILES string of the molecule is COc1ccc(N2C(=O)/C(=C\c3ccc(Cl)cc3)NC2=S)cc1. The number of nitrogens with one attached hydrogen (secondary N) is 1. The summed E-state index contributed by atoms with van der Waals surface area (Å²) in [4.78, 5) is 14.0. The minimum atomic E-state index is -0.199. The maximum atomic E-state index is 12.6. The lowest BCUT2D eigenvalue weighted by atomic mass is 10.2. The Kier molecular flexibility index (Phi) is 4.32. The molecule has 1 heterocycles. The van der Waals surface area contributed by atoms with Crippen molar-refractivity contribution in [2.24, 2.45) is 0 Å². The molecule has 2 aromatic carbocycles. The van der Waals surface area contributed by atoms with Crippen LogP contribution >= 0.6 is 23.8 Å². The van der Waals surface area contributed by atoms with E-state index in [9.17, 15) is 4.79 Å². The van der Waals surface area contributed by atoms with Gasteiger partial charge < -0.3 is 10.1 Å². The van der Waals surface area contributed by atoms with Crippen LogP contribution in [0.15, 0.2) is 54.2 Å². The molecule has 0 unspecified atom stereocenters. The zero-order valence-corrected chi connectivity index (χ0v) is 13.8. The van der Waals surface area contributed by atoms with Gasteiger partial charge in [0.1, 0.15) is 11.4 Å². The summed E-state index contributed by atoms with van der Waals surface area (Å²) >= 11 is 11.1. The van der Waals surface area contributed by atoms with Crippen LogP contribution in [-0.2, 0) is 4.79 Å². The molecule has 1 fully saturated rings. The molecule has 0 aromatic heterocycles. The third kappa shape index (κ3) is 3.21. The van der Waals surface area contributed by atoms with Crippen molar-refractivity contribution in [3.05, 3.63) is 64.8 Å². The van der Waals surface area contributed by atoms with E-state index < -0.39 is 0 Å². The molecule has 3 rings (SSSR count). The molecule has 0 atom stereocenters. The Hall–Kier alpha value is -2.37. The van der Waals surface area contributed by atoms with Crippen LogP contribution < -0.4 is 15.0 Å². The number of methoxy groups -OCH3 is 1. The number of amides is 1. The fourth-order valence-electron chi connectivity index (χ4n) is 2.23. The molecule has 1 N–H and O–H groups in total. The predicted octanol–water partition coefficient (Wildman–Crippen LogP) is 3.61. The van der Waals surface area contributed by atoms with Crippen LogP contribution in [0.5, 0.6) is 5.75 Å². The van der Waals surface area contributed by atoms with Crippen molar-refractivity contribution in [3.8, 4) is 5.75 Å². The van der Waals surface area contributed by atoms with Gasteiger partial charge in [-0.15, -0.1) is 0 Å². The molecule has 0 saturated carbocycles. The molecule has 0 spiro atoms. The Morgan fingerprint density at radius 2 is 1.78 bits per heavy atom. The van der Waals surface area contributed by atoms with Crippen LogP contribution in [-0.4, -0.2) is 18.1 Å². The van der Waals surface area contributed by atoms with Crippen LogP contribution in [0.2, 0.25) is 5.02 Å². The molecule has 1 amide bonds. The molecule has 0 bridgehead atoms. The number of thiocarbonyl (C=S) groups is 1. The largest absolute Gasteiger partial charge is 0.497 e. The Morgan fingerprint density at radius 1 is 1.13 bits per heavy atom. The first-order chi connectivity index (χ1) is 11.1. The second-order valence-corrected chi connectivity index (χ2v) is 5.70. The van der Waals surface area contributed by atoms with Gasteiger partial charge in [0.15, 0.2) is 5.11 Å². The van der Waals surface area contributed by atoms with Gasteiger partial charge in [-0.05, 0) is 60.3 Å². The number of ether oxygens (including phenoxy) is 1. The number of nitrogens with zero attached hydrogens (tertiary/aromatic N) is 1. The van der Waals surface area contributed by atoms with Crippen LogP contribution in [0, 0.1) is 0 Å². The van der Waals surface area contributed by atoms with Crippen molar-refractivity contribution in [2.75, 3.05) is 12.0 Å². The topological polar surface area (TPSA) is 41.6 Å². The molecule has 1 aliphatic rings. The Morgan fingerprint density at radius 3 is 2.39 bits per heavy atom. The molecule has 1 aliphatic heterocycles. The standard InChI is InChI=1S/C17H13ClN2O2S/c1-22-14-8-6-13(7-9-14)20-16(21)15(19-17(20)23)10-11-2-4-12(18)5-3-11/h2-10H,1H3,(H,19,23)/b15-10+. The molecule has 0 aliphatic carbocycles. The number of carbonyl (C=O) groups excluding carboxylic acids is 1. The minimum absolute atomic E-state index is 0.199. The zero-order valence-electron chi connectivity index (χ0n) is 12.2. The van der Waals surface area contributed by atoms with E-state index in [-0.39, 0.29) is 5.91 Å². The molecule has 23 heavy (non-hydrogen) atoms. The number of halogens is 1. The average molecular weight is 345 g/mol. The van der Waals surface area contributed by atoms with Crippen molar-refractivity contribution >= 4 is 46.6 Å². The van der Waals surface area contributed by atoms with Gasteiger partial charge in [-0.1, -0.05) is 23.7 Å². The Balaban J connectivity index is 1.88. The fraction of sp³-hybridized carbons (Fsp3) is 0.0588. The summed E-state index contributed by atoms with van der Waals surface area (Å²) in [6, 6.07) is 14.4. The number of benzene rings is 2. The molecule has 6 heteroatoms. The molecular weight excluding hydrogens is 332 g/mol. The van der Waals surface area contributed by atoms with Gasteiger partial charge >= 0.3 is 0 Å². The zero-order chi connectivity index (χ0) is 16.4. The highest BCUT2D eigenvalue weighted by Crippen LogP contribution is 2.25. The van der Waals surface area contributed by atoms with E-state index >= 15 is 0 Å². The molecular formula is C17H13ClN2O2S. The summed E-state index contributed by atoms with van der Waals surface area (Å²) in [5.41, 5.74) is 1.98. The van der Waals surface area contributed by atoms with E-state index in [0.29, 0.717) is 21.5 Å². The van der Waals surface area contributed by atoms with E-state index in [2.05, 4.69) is 5.32 Å². The summed E-state index contributed by atoms with van der Waals surface area (Å²) in [6.07, 6.45) is 1.74. The van der Waals surface area contributed by atoms with Crippen LogP contribution in [0.3, 0.4) is 0 Å². The van der Waals surface area contributed by atoms with Crippen molar-refractivity contribution < 1.29 is 9.53 Å². The quantitative estimate of drug-likeness (QED) is 0.682. The number of rotatable bonds is 3. The number of hydrogen-bond donors (Lipinski definition) is 1.